The van der Waals surface area contributed by atoms with Crippen LogP contribution in [-0.2, 0) is 19.1 Å². The summed E-state index contributed by atoms with van der Waals surface area (Å²) in [5.41, 5.74) is 0.631. The highest BCUT2D eigenvalue weighted by Gasteiger charge is 2.40. The van der Waals surface area contributed by atoms with Gasteiger partial charge in [0.05, 0.1) is 18.9 Å². The Morgan fingerprint density at radius 3 is 2.96 bits per heavy atom. The number of nitrogens with zero attached hydrogens (tertiary/aromatic N) is 3. The van der Waals surface area contributed by atoms with Crippen molar-refractivity contribution in [2.75, 3.05) is 20.3 Å². The van der Waals surface area contributed by atoms with E-state index in [2.05, 4.69) is 4.98 Å². The molecular weight excluding hydrogens is 378 g/mol. The van der Waals surface area contributed by atoms with Crippen molar-refractivity contribution in [1.29, 1.82) is 0 Å². The van der Waals surface area contributed by atoms with Crippen LogP contribution in [0.5, 0.6) is 0 Å². The second kappa shape index (κ2) is 8.20. The molecule has 1 unspecified atom stereocenters. The van der Waals surface area contributed by atoms with Gasteiger partial charge < -0.3 is 14.4 Å². The lowest BCUT2D eigenvalue weighted by Gasteiger charge is -2.28. The van der Waals surface area contributed by atoms with E-state index in [4.69, 9.17) is 21.1 Å². The van der Waals surface area contributed by atoms with E-state index in [1.807, 2.05) is 16.0 Å². The lowest BCUT2D eigenvalue weighted by atomic mass is 10.2. The van der Waals surface area contributed by atoms with Crippen LogP contribution < -0.4 is 0 Å². The van der Waals surface area contributed by atoms with E-state index in [1.165, 1.54) is 24.5 Å². The highest BCUT2D eigenvalue weighted by molar-refractivity contribution is 7.15. The highest BCUT2D eigenvalue weighted by atomic mass is 35.5. The molecule has 1 saturated carbocycles. The molecule has 1 atom stereocenters. The second-order valence-corrected chi connectivity index (χ2v) is 7.11. The van der Waals surface area contributed by atoms with Crippen LogP contribution in [0.3, 0.4) is 0 Å². The van der Waals surface area contributed by atoms with Crippen molar-refractivity contribution in [3.05, 3.63) is 28.5 Å². The van der Waals surface area contributed by atoms with E-state index < -0.39 is 12.0 Å². The molecule has 1 fully saturated rings. The third-order valence-corrected chi connectivity index (χ3v) is 5.09. The van der Waals surface area contributed by atoms with Crippen molar-refractivity contribution in [2.24, 2.45) is 0 Å². The van der Waals surface area contributed by atoms with E-state index in [0.29, 0.717) is 10.8 Å². The number of methoxy groups -OCH3 is 1. The SMILES string of the molecule is CCOC(=O)C(COC)N(C(=O)C=Cc1c(Cl)nc2sccn12)C1CC1. The van der Waals surface area contributed by atoms with E-state index in [9.17, 15) is 9.59 Å². The van der Waals surface area contributed by atoms with Crippen LogP contribution in [-0.4, -0.2) is 58.6 Å². The van der Waals surface area contributed by atoms with Crippen molar-refractivity contribution >= 4 is 45.9 Å². The third-order valence-electron chi connectivity index (χ3n) is 4.05. The molecule has 7 nitrogen and oxygen atoms in total. The van der Waals surface area contributed by atoms with E-state index in [0.717, 1.165) is 17.8 Å². The van der Waals surface area contributed by atoms with Gasteiger partial charge in [0.1, 0.15) is 0 Å². The monoisotopic (exact) mass is 397 g/mol. The maximum Gasteiger partial charge on any atom is 0.331 e. The number of carbonyl (C=O) groups excluding carboxylic acids is 2. The zero-order valence-electron chi connectivity index (χ0n) is 14.6. The average Bonchev–Trinajstić information content (AvgIpc) is 3.26. The molecule has 1 amide bonds. The summed E-state index contributed by atoms with van der Waals surface area (Å²) in [6.45, 7) is 2.08. The second-order valence-electron chi connectivity index (χ2n) is 5.88. The number of hydrogen-bond donors (Lipinski definition) is 0. The lowest BCUT2D eigenvalue weighted by molar-refractivity contribution is -0.156. The Morgan fingerprint density at radius 2 is 2.31 bits per heavy atom. The fraction of sp³-hybridized carbons (Fsp3) is 0.471. The van der Waals surface area contributed by atoms with Crippen LogP contribution in [0.1, 0.15) is 25.5 Å². The Bertz CT molecular complexity index is 827. The number of fused-ring (bicyclic) bond motifs is 1. The Hall–Kier alpha value is -1.90. The first kappa shape index (κ1) is 18.9. The van der Waals surface area contributed by atoms with Crippen LogP contribution >= 0.6 is 22.9 Å². The summed E-state index contributed by atoms with van der Waals surface area (Å²) in [7, 11) is 1.50. The molecule has 3 rings (SSSR count). The number of hydrogen-bond acceptors (Lipinski definition) is 6. The van der Waals surface area contributed by atoms with Crippen LogP contribution in [0.25, 0.3) is 11.0 Å². The first-order valence-corrected chi connectivity index (χ1v) is 9.59. The summed E-state index contributed by atoms with van der Waals surface area (Å²) < 4.78 is 12.1. The van der Waals surface area contributed by atoms with E-state index in [-0.39, 0.29) is 25.2 Å². The first-order chi connectivity index (χ1) is 12.6. The Labute approximate surface area is 160 Å². The molecule has 140 valence electrons. The molecule has 0 aromatic carbocycles. The Morgan fingerprint density at radius 1 is 1.54 bits per heavy atom. The fourth-order valence-corrected chi connectivity index (χ4v) is 3.77. The summed E-state index contributed by atoms with van der Waals surface area (Å²) in [4.78, 5) is 31.7. The molecule has 2 aromatic rings. The van der Waals surface area contributed by atoms with Crippen LogP contribution in [0.15, 0.2) is 17.7 Å². The van der Waals surface area contributed by atoms with Gasteiger partial charge in [-0.25, -0.2) is 9.78 Å². The summed E-state index contributed by atoms with van der Waals surface area (Å²) in [6.07, 6.45) is 6.62. The van der Waals surface area contributed by atoms with Crippen molar-refractivity contribution in [3.63, 3.8) is 0 Å². The van der Waals surface area contributed by atoms with Crippen LogP contribution in [0.2, 0.25) is 5.15 Å². The Kier molecular flexibility index (Phi) is 5.95. The molecule has 2 heterocycles. The topological polar surface area (TPSA) is 73.1 Å². The number of esters is 1. The zero-order valence-corrected chi connectivity index (χ0v) is 16.1. The number of carbonyl (C=O) groups is 2. The lowest BCUT2D eigenvalue weighted by Crippen LogP contribution is -2.49. The van der Waals surface area contributed by atoms with Gasteiger partial charge in [-0.2, -0.15) is 0 Å². The smallest absolute Gasteiger partial charge is 0.331 e. The number of imidazole rings is 1. The maximum atomic E-state index is 12.8. The minimum absolute atomic E-state index is 0.0267. The molecule has 2 aromatic heterocycles. The number of halogens is 1. The van der Waals surface area contributed by atoms with Gasteiger partial charge in [-0.15, -0.1) is 11.3 Å². The number of aromatic nitrogens is 2. The predicted octanol–water partition coefficient (Wildman–Crippen LogP) is 2.63. The Balaban J connectivity index is 1.83. The van der Waals surface area contributed by atoms with Gasteiger partial charge in [0.15, 0.2) is 16.2 Å². The molecule has 0 spiro atoms. The first-order valence-electron chi connectivity index (χ1n) is 8.33. The quantitative estimate of drug-likeness (QED) is 0.505. The van der Waals surface area contributed by atoms with Gasteiger partial charge in [0, 0.05) is 30.8 Å². The van der Waals surface area contributed by atoms with E-state index >= 15 is 0 Å². The van der Waals surface area contributed by atoms with Crippen LogP contribution in [0, 0.1) is 0 Å². The zero-order chi connectivity index (χ0) is 18.7. The molecule has 26 heavy (non-hydrogen) atoms. The van der Waals surface area contributed by atoms with Gasteiger partial charge >= 0.3 is 5.97 Å². The standard InChI is InChI=1S/C17H20ClN3O4S/c1-3-25-16(23)13(10-24-2)21(11-4-5-11)14(22)7-6-12-15(18)19-17-20(12)8-9-26-17/h6-9,11,13H,3-5,10H2,1-2H3. The number of amides is 1. The highest BCUT2D eigenvalue weighted by Crippen LogP contribution is 2.30. The summed E-state index contributed by atoms with van der Waals surface area (Å²) >= 11 is 7.61. The van der Waals surface area contributed by atoms with Gasteiger partial charge in [0.2, 0.25) is 5.91 Å². The number of thiazole rings is 1. The van der Waals surface area contributed by atoms with Crippen molar-refractivity contribution in [2.45, 2.75) is 31.8 Å². The van der Waals surface area contributed by atoms with Crippen molar-refractivity contribution in [3.8, 4) is 0 Å². The van der Waals surface area contributed by atoms with Crippen LogP contribution in [0.4, 0.5) is 0 Å². The minimum atomic E-state index is -0.758. The molecule has 0 radical (unpaired) electrons. The average molecular weight is 398 g/mol. The third kappa shape index (κ3) is 3.92. The predicted molar refractivity (Wildman–Crippen MR) is 99.3 cm³/mol. The molecule has 0 N–H and O–H groups in total. The molecule has 0 bridgehead atoms. The summed E-state index contributed by atoms with van der Waals surface area (Å²) in [5, 5.41) is 2.22. The number of ether oxygens (including phenoxy) is 2. The van der Waals surface area contributed by atoms with Gasteiger partial charge in [-0.05, 0) is 25.8 Å². The maximum absolute atomic E-state index is 12.8. The van der Waals surface area contributed by atoms with Gasteiger partial charge in [-0.3, -0.25) is 9.20 Å². The molecule has 1 aliphatic rings. The van der Waals surface area contributed by atoms with Gasteiger partial charge in [0.25, 0.3) is 0 Å². The largest absolute Gasteiger partial charge is 0.464 e. The van der Waals surface area contributed by atoms with Crippen molar-refractivity contribution < 1.29 is 19.1 Å². The minimum Gasteiger partial charge on any atom is -0.464 e. The van der Waals surface area contributed by atoms with Crippen molar-refractivity contribution in [1.82, 2.24) is 14.3 Å². The normalized spacial score (nSPS) is 15.5. The molecule has 9 heteroatoms. The summed E-state index contributed by atoms with van der Waals surface area (Å²) in [6, 6.07) is -0.731. The molecule has 1 aliphatic carbocycles. The molecule has 0 aliphatic heterocycles. The number of rotatable bonds is 8. The summed E-state index contributed by atoms with van der Waals surface area (Å²) in [5.74, 6) is -0.727. The fourth-order valence-electron chi connectivity index (χ4n) is 2.76. The van der Waals surface area contributed by atoms with E-state index in [1.54, 1.807) is 17.9 Å². The molecule has 0 saturated heterocycles. The molecular formula is C17H20ClN3O4S. The van der Waals surface area contributed by atoms with Gasteiger partial charge in [-0.1, -0.05) is 11.6 Å².